The number of rotatable bonds is 8. The topological polar surface area (TPSA) is 29.5 Å². The molecule has 2 nitrogen and oxygen atoms in total. The first-order chi connectivity index (χ1) is 10.8. The Labute approximate surface area is 133 Å². The highest BCUT2D eigenvalue weighted by atomic mass is 16.5. The number of aliphatic hydroxyl groups excluding tert-OH is 1. The first-order valence-corrected chi connectivity index (χ1v) is 7.77. The molecule has 0 aliphatic heterocycles. The van der Waals surface area contributed by atoms with Gasteiger partial charge in [0.2, 0.25) is 0 Å². The minimum Gasteiger partial charge on any atom is -0.388 e. The van der Waals surface area contributed by atoms with Gasteiger partial charge in [-0.05, 0) is 23.5 Å². The Morgan fingerprint density at radius 1 is 1.00 bits per heavy atom. The van der Waals surface area contributed by atoms with Crippen molar-refractivity contribution in [3.05, 3.63) is 83.9 Å². The van der Waals surface area contributed by atoms with E-state index in [2.05, 4.69) is 25.1 Å². The van der Waals surface area contributed by atoms with Crippen molar-refractivity contribution in [2.75, 3.05) is 6.61 Å². The van der Waals surface area contributed by atoms with Gasteiger partial charge in [0.05, 0.1) is 19.3 Å². The van der Waals surface area contributed by atoms with Crippen LogP contribution in [-0.2, 0) is 11.3 Å². The van der Waals surface area contributed by atoms with Gasteiger partial charge >= 0.3 is 0 Å². The minimum absolute atomic E-state index is 0.340. The quantitative estimate of drug-likeness (QED) is 0.726. The highest BCUT2D eigenvalue weighted by molar-refractivity contribution is 5.18. The van der Waals surface area contributed by atoms with Crippen LogP contribution in [0.1, 0.15) is 30.6 Å². The Morgan fingerprint density at radius 3 is 2.32 bits per heavy atom. The van der Waals surface area contributed by atoms with Crippen molar-refractivity contribution < 1.29 is 9.84 Å². The fourth-order valence-corrected chi connectivity index (χ4v) is 2.24. The summed E-state index contributed by atoms with van der Waals surface area (Å²) in [5.41, 5.74) is 2.15. The highest BCUT2D eigenvalue weighted by Gasteiger charge is 2.04. The lowest BCUT2D eigenvalue weighted by atomic mass is 10.1. The zero-order valence-corrected chi connectivity index (χ0v) is 13.1. The summed E-state index contributed by atoms with van der Waals surface area (Å²) in [5.74, 6) is 0.340. The van der Waals surface area contributed by atoms with E-state index in [1.54, 1.807) is 0 Å². The van der Waals surface area contributed by atoms with Crippen LogP contribution in [0.2, 0.25) is 0 Å². The van der Waals surface area contributed by atoms with Crippen LogP contribution in [0.15, 0.2) is 72.8 Å². The smallest absolute Gasteiger partial charge is 0.0824 e. The van der Waals surface area contributed by atoms with E-state index in [0.717, 1.165) is 5.56 Å². The number of hydrogen-bond donors (Lipinski definition) is 1. The lowest BCUT2D eigenvalue weighted by Crippen LogP contribution is -2.03. The molecule has 0 spiro atoms. The standard InChI is InChI=1S/C20H24O2/c1-17(15-22-16-18-10-4-2-5-11-18)9-8-14-20(21)19-12-6-3-7-13-19/h2-13,17,20-21H,14-16H2,1H3/b9-8+/t17-,20+/m1/s1. The molecule has 0 saturated carbocycles. The summed E-state index contributed by atoms with van der Waals surface area (Å²) in [5, 5.41) is 10.1. The molecule has 22 heavy (non-hydrogen) atoms. The summed E-state index contributed by atoms with van der Waals surface area (Å²) < 4.78 is 5.71. The van der Waals surface area contributed by atoms with E-state index in [1.807, 2.05) is 54.6 Å². The van der Waals surface area contributed by atoms with E-state index >= 15 is 0 Å². The number of hydrogen-bond acceptors (Lipinski definition) is 2. The maximum absolute atomic E-state index is 10.1. The predicted octanol–water partition coefficient (Wildman–Crippen LogP) is 4.52. The number of aliphatic hydroxyl groups is 1. The predicted molar refractivity (Wildman–Crippen MR) is 90.4 cm³/mol. The van der Waals surface area contributed by atoms with Crippen molar-refractivity contribution in [1.82, 2.24) is 0 Å². The molecule has 0 heterocycles. The summed E-state index contributed by atoms with van der Waals surface area (Å²) in [7, 11) is 0. The van der Waals surface area contributed by atoms with E-state index in [1.165, 1.54) is 5.56 Å². The van der Waals surface area contributed by atoms with E-state index in [-0.39, 0.29) is 0 Å². The monoisotopic (exact) mass is 296 g/mol. The minimum atomic E-state index is -0.435. The molecule has 2 heteroatoms. The van der Waals surface area contributed by atoms with Crippen LogP contribution in [-0.4, -0.2) is 11.7 Å². The molecule has 0 aromatic heterocycles. The van der Waals surface area contributed by atoms with Gasteiger partial charge in [0.25, 0.3) is 0 Å². The zero-order valence-electron chi connectivity index (χ0n) is 13.1. The molecule has 2 atom stereocenters. The van der Waals surface area contributed by atoms with Crippen LogP contribution in [0.5, 0.6) is 0 Å². The summed E-state index contributed by atoms with van der Waals surface area (Å²) in [6.45, 7) is 3.45. The maximum atomic E-state index is 10.1. The van der Waals surface area contributed by atoms with Gasteiger partial charge in [-0.3, -0.25) is 0 Å². The normalized spacial score (nSPS) is 14.1. The summed E-state index contributed by atoms with van der Waals surface area (Å²) >= 11 is 0. The average Bonchev–Trinajstić information content (AvgIpc) is 2.56. The maximum Gasteiger partial charge on any atom is 0.0824 e. The van der Waals surface area contributed by atoms with Crippen molar-refractivity contribution in [1.29, 1.82) is 0 Å². The van der Waals surface area contributed by atoms with Gasteiger partial charge in [-0.25, -0.2) is 0 Å². The second-order valence-corrected chi connectivity index (χ2v) is 5.57. The third-order valence-corrected chi connectivity index (χ3v) is 3.50. The van der Waals surface area contributed by atoms with Gasteiger partial charge in [0.1, 0.15) is 0 Å². The van der Waals surface area contributed by atoms with Gasteiger partial charge in [0, 0.05) is 0 Å². The van der Waals surface area contributed by atoms with Gasteiger partial charge < -0.3 is 9.84 Å². The van der Waals surface area contributed by atoms with Crippen molar-refractivity contribution in [2.24, 2.45) is 5.92 Å². The zero-order chi connectivity index (χ0) is 15.6. The van der Waals surface area contributed by atoms with Gasteiger partial charge in [-0.2, -0.15) is 0 Å². The summed E-state index contributed by atoms with van der Waals surface area (Å²) in [6, 6.07) is 19.9. The third kappa shape index (κ3) is 5.84. The molecule has 0 unspecified atom stereocenters. The largest absolute Gasteiger partial charge is 0.388 e. The van der Waals surface area contributed by atoms with E-state index in [9.17, 15) is 5.11 Å². The molecule has 2 aromatic carbocycles. The number of ether oxygens (including phenoxy) is 1. The lowest BCUT2D eigenvalue weighted by molar-refractivity contribution is 0.104. The summed E-state index contributed by atoms with van der Waals surface area (Å²) in [6.07, 6.45) is 4.34. The molecule has 1 N–H and O–H groups in total. The molecule has 2 aromatic rings. The van der Waals surface area contributed by atoms with E-state index in [4.69, 9.17) is 4.74 Å². The first-order valence-electron chi connectivity index (χ1n) is 7.77. The van der Waals surface area contributed by atoms with Crippen LogP contribution >= 0.6 is 0 Å². The highest BCUT2D eigenvalue weighted by Crippen LogP contribution is 2.16. The van der Waals surface area contributed by atoms with Crippen molar-refractivity contribution in [3.8, 4) is 0 Å². The van der Waals surface area contributed by atoms with Crippen LogP contribution in [0.25, 0.3) is 0 Å². The molecule has 0 saturated heterocycles. The molecule has 0 radical (unpaired) electrons. The van der Waals surface area contributed by atoms with Crippen LogP contribution in [0.4, 0.5) is 0 Å². The van der Waals surface area contributed by atoms with Crippen molar-refractivity contribution >= 4 is 0 Å². The van der Waals surface area contributed by atoms with E-state index < -0.39 is 6.10 Å². The lowest BCUT2D eigenvalue weighted by Gasteiger charge is -2.10. The fraction of sp³-hybridized carbons (Fsp3) is 0.300. The van der Waals surface area contributed by atoms with Crippen LogP contribution in [0, 0.1) is 5.92 Å². The molecular weight excluding hydrogens is 272 g/mol. The second kappa shape index (κ2) is 9.19. The Kier molecular flexibility index (Phi) is 6.88. The van der Waals surface area contributed by atoms with Crippen molar-refractivity contribution in [3.63, 3.8) is 0 Å². The van der Waals surface area contributed by atoms with Gasteiger partial charge in [-0.15, -0.1) is 0 Å². The molecule has 0 amide bonds. The van der Waals surface area contributed by atoms with Gasteiger partial charge in [0.15, 0.2) is 0 Å². The molecule has 0 fully saturated rings. The second-order valence-electron chi connectivity index (χ2n) is 5.57. The SMILES string of the molecule is C[C@H](/C=C/C[C@H](O)c1ccccc1)COCc1ccccc1. The van der Waals surface area contributed by atoms with Crippen molar-refractivity contribution in [2.45, 2.75) is 26.1 Å². The average molecular weight is 296 g/mol. The Hall–Kier alpha value is -1.90. The summed E-state index contributed by atoms with van der Waals surface area (Å²) in [4.78, 5) is 0. The molecular formula is C20H24O2. The molecule has 116 valence electrons. The Balaban J connectivity index is 1.67. The van der Waals surface area contributed by atoms with Crippen LogP contribution in [0.3, 0.4) is 0 Å². The third-order valence-electron chi connectivity index (χ3n) is 3.50. The number of benzene rings is 2. The van der Waals surface area contributed by atoms with Crippen LogP contribution < -0.4 is 0 Å². The van der Waals surface area contributed by atoms with Gasteiger partial charge in [-0.1, -0.05) is 79.7 Å². The molecule has 0 bridgehead atoms. The fourth-order valence-electron chi connectivity index (χ4n) is 2.24. The molecule has 2 rings (SSSR count). The van der Waals surface area contributed by atoms with E-state index in [0.29, 0.717) is 25.6 Å². The molecule has 0 aliphatic rings. The Bertz CT molecular complexity index is 548. The molecule has 0 aliphatic carbocycles. The Morgan fingerprint density at radius 2 is 1.64 bits per heavy atom. The first kappa shape index (κ1) is 16.5.